The van der Waals surface area contributed by atoms with Crippen LogP contribution in [0, 0.1) is 0 Å². The smallest absolute Gasteiger partial charge is 0.176 e. The van der Waals surface area contributed by atoms with Crippen LogP contribution < -0.4 is 10.1 Å². The first-order valence-corrected chi connectivity index (χ1v) is 8.86. The molecule has 5 nitrogen and oxygen atoms in total. The fourth-order valence-electron chi connectivity index (χ4n) is 2.44. The van der Waals surface area contributed by atoms with E-state index >= 15 is 0 Å². The summed E-state index contributed by atoms with van der Waals surface area (Å²) in [7, 11) is -1.40. The highest BCUT2D eigenvalue weighted by molar-refractivity contribution is 7.90. The molecule has 2 unspecified atom stereocenters. The van der Waals surface area contributed by atoms with Crippen LogP contribution in [0.3, 0.4) is 0 Å². The van der Waals surface area contributed by atoms with Gasteiger partial charge >= 0.3 is 0 Å². The van der Waals surface area contributed by atoms with Gasteiger partial charge in [-0.05, 0) is 26.0 Å². The first kappa shape index (κ1) is 15.9. The average molecular weight is 311 g/mol. The monoisotopic (exact) mass is 311 g/mol. The maximum Gasteiger partial charge on any atom is 0.176 e. The van der Waals surface area contributed by atoms with Crippen LogP contribution in [0.5, 0.6) is 5.75 Å². The van der Waals surface area contributed by atoms with Crippen LogP contribution in [0.4, 0.5) is 0 Å². The lowest BCUT2D eigenvalue weighted by molar-refractivity contribution is 0.394. The molecule has 6 heteroatoms. The van der Waals surface area contributed by atoms with Gasteiger partial charge < -0.3 is 14.5 Å². The molecule has 0 aliphatic carbocycles. The fraction of sp³-hybridized carbons (Fsp3) is 0.467. The SMILES string of the molecule is COc1cccc2cc(C(C)NC(C)CS(C)(=O)=O)oc12. The average Bonchev–Trinajstić information content (AvgIpc) is 2.79. The first-order chi connectivity index (χ1) is 9.80. The molecule has 0 radical (unpaired) electrons. The molecule has 116 valence electrons. The Morgan fingerprint density at radius 3 is 2.67 bits per heavy atom. The Labute approximate surface area is 125 Å². The van der Waals surface area contributed by atoms with E-state index in [0.29, 0.717) is 11.3 Å². The Hall–Kier alpha value is -1.53. The Bertz CT molecular complexity index is 720. The minimum atomic E-state index is -3.00. The minimum Gasteiger partial charge on any atom is -0.493 e. The molecule has 0 saturated heterocycles. The molecule has 1 heterocycles. The molecule has 1 aromatic heterocycles. The zero-order valence-corrected chi connectivity index (χ0v) is 13.5. The highest BCUT2D eigenvalue weighted by Gasteiger charge is 2.18. The van der Waals surface area contributed by atoms with Gasteiger partial charge in [0, 0.05) is 17.7 Å². The predicted molar refractivity (Wildman–Crippen MR) is 83.5 cm³/mol. The molecule has 0 spiro atoms. The highest BCUT2D eigenvalue weighted by Crippen LogP contribution is 2.30. The number of rotatable bonds is 6. The van der Waals surface area contributed by atoms with Crippen molar-refractivity contribution in [3.8, 4) is 5.75 Å². The van der Waals surface area contributed by atoms with E-state index in [-0.39, 0.29) is 17.8 Å². The van der Waals surface area contributed by atoms with Crippen LogP contribution in [0.15, 0.2) is 28.7 Å². The van der Waals surface area contributed by atoms with Gasteiger partial charge in [-0.3, -0.25) is 0 Å². The summed E-state index contributed by atoms with van der Waals surface area (Å²) in [6.07, 6.45) is 1.24. The topological polar surface area (TPSA) is 68.5 Å². The number of fused-ring (bicyclic) bond motifs is 1. The van der Waals surface area contributed by atoms with Gasteiger partial charge in [0.1, 0.15) is 15.6 Å². The number of hydrogen-bond donors (Lipinski definition) is 1. The third-order valence-corrected chi connectivity index (χ3v) is 4.37. The fourth-order valence-corrected chi connectivity index (χ4v) is 3.45. The van der Waals surface area contributed by atoms with Crippen molar-refractivity contribution in [3.63, 3.8) is 0 Å². The standard InChI is InChI=1S/C15H21NO4S/c1-10(9-21(4,17)18)16-11(2)14-8-12-6-5-7-13(19-3)15(12)20-14/h5-8,10-11,16H,9H2,1-4H3. The van der Waals surface area contributed by atoms with Gasteiger partial charge in [-0.15, -0.1) is 0 Å². The van der Waals surface area contributed by atoms with E-state index in [4.69, 9.17) is 9.15 Å². The summed E-state index contributed by atoms with van der Waals surface area (Å²) in [5.74, 6) is 1.55. The summed E-state index contributed by atoms with van der Waals surface area (Å²) >= 11 is 0. The van der Waals surface area contributed by atoms with Gasteiger partial charge in [0.2, 0.25) is 0 Å². The van der Waals surface area contributed by atoms with Crippen LogP contribution in [0.2, 0.25) is 0 Å². The van der Waals surface area contributed by atoms with Crippen molar-refractivity contribution in [1.29, 1.82) is 0 Å². The Kier molecular flexibility index (Phi) is 4.58. The second kappa shape index (κ2) is 6.07. The summed E-state index contributed by atoms with van der Waals surface area (Å²) in [6, 6.07) is 7.43. The molecule has 0 aliphatic heterocycles. The van der Waals surface area contributed by atoms with Crippen molar-refractivity contribution >= 4 is 20.8 Å². The molecule has 2 atom stereocenters. The maximum atomic E-state index is 11.3. The van der Waals surface area contributed by atoms with Crippen molar-refractivity contribution in [2.45, 2.75) is 25.9 Å². The quantitative estimate of drug-likeness (QED) is 0.888. The lowest BCUT2D eigenvalue weighted by Crippen LogP contribution is -2.34. The lowest BCUT2D eigenvalue weighted by atomic mass is 10.2. The number of furan rings is 1. The molecule has 21 heavy (non-hydrogen) atoms. The van der Waals surface area contributed by atoms with Crippen LogP contribution in [0.1, 0.15) is 25.6 Å². The molecule has 1 N–H and O–H groups in total. The highest BCUT2D eigenvalue weighted by atomic mass is 32.2. The second-order valence-electron chi connectivity index (χ2n) is 5.41. The van der Waals surface area contributed by atoms with Crippen LogP contribution >= 0.6 is 0 Å². The molecular formula is C15H21NO4S. The number of hydrogen-bond acceptors (Lipinski definition) is 5. The molecule has 0 bridgehead atoms. The molecule has 0 fully saturated rings. The Morgan fingerprint density at radius 2 is 2.05 bits per heavy atom. The summed E-state index contributed by atoms with van der Waals surface area (Å²) in [5.41, 5.74) is 0.708. The van der Waals surface area contributed by atoms with Crippen molar-refractivity contribution in [1.82, 2.24) is 5.32 Å². The van der Waals surface area contributed by atoms with Crippen LogP contribution in [-0.2, 0) is 9.84 Å². The van der Waals surface area contributed by atoms with Crippen molar-refractivity contribution < 1.29 is 17.6 Å². The van der Waals surface area contributed by atoms with E-state index in [9.17, 15) is 8.42 Å². The van der Waals surface area contributed by atoms with Crippen molar-refractivity contribution in [2.75, 3.05) is 19.1 Å². The van der Waals surface area contributed by atoms with E-state index in [1.807, 2.05) is 38.1 Å². The molecular weight excluding hydrogens is 290 g/mol. The third kappa shape index (κ3) is 3.98. The molecule has 2 rings (SSSR count). The van der Waals surface area contributed by atoms with Gasteiger partial charge in [0.25, 0.3) is 0 Å². The zero-order valence-electron chi connectivity index (χ0n) is 12.7. The Morgan fingerprint density at radius 1 is 1.33 bits per heavy atom. The number of ether oxygens (including phenoxy) is 1. The summed E-state index contributed by atoms with van der Waals surface area (Å²) < 4.78 is 33.7. The van der Waals surface area contributed by atoms with Gasteiger partial charge in [-0.25, -0.2) is 8.42 Å². The summed E-state index contributed by atoms with van der Waals surface area (Å²) in [5, 5.41) is 4.20. The largest absolute Gasteiger partial charge is 0.493 e. The summed E-state index contributed by atoms with van der Waals surface area (Å²) in [6.45, 7) is 3.80. The minimum absolute atomic E-state index is 0.0844. The number of nitrogens with one attached hydrogen (secondary N) is 1. The van der Waals surface area contributed by atoms with Gasteiger partial charge in [-0.1, -0.05) is 12.1 Å². The number of methoxy groups -OCH3 is 1. The van der Waals surface area contributed by atoms with E-state index in [1.54, 1.807) is 7.11 Å². The first-order valence-electron chi connectivity index (χ1n) is 6.80. The number of para-hydroxylation sites is 1. The number of sulfone groups is 1. The predicted octanol–water partition coefficient (Wildman–Crippen LogP) is 2.53. The molecule has 0 amide bonds. The molecule has 0 aliphatic rings. The lowest BCUT2D eigenvalue weighted by Gasteiger charge is -2.17. The van der Waals surface area contributed by atoms with E-state index < -0.39 is 9.84 Å². The van der Waals surface area contributed by atoms with Gasteiger partial charge in [0.05, 0.1) is 18.9 Å². The maximum absolute atomic E-state index is 11.3. The van der Waals surface area contributed by atoms with Gasteiger partial charge in [0.15, 0.2) is 11.3 Å². The Balaban J connectivity index is 2.18. The van der Waals surface area contributed by atoms with Crippen molar-refractivity contribution in [2.24, 2.45) is 0 Å². The molecule has 2 aromatic rings. The van der Waals surface area contributed by atoms with E-state index in [0.717, 1.165) is 11.1 Å². The van der Waals surface area contributed by atoms with E-state index in [1.165, 1.54) is 6.26 Å². The second-order valence-corrected chi connectivity index (χ2v) is 7.59. The van der Waals surface area contributed by atoms with Gasteiger partial charge in [-0.2, -0.15) is 0 Å². The molecule has 0 saturated carbocycles. The van der Waals surface area contributed by atoms with Crippen LogP contribution in [-0.4, -0.2) is 33.6 Å². The molecule has 1 aromatic carbocycles. The van der Waals surface area contributed by atoms with E-state index in [2.05, 4.69) is 5.32 Å². The third-order valence-electron chi connectivity index (χ3n) is 3.26. The summed E-state index contributed by atoms with van der Waals surface area (Å²) in [4.78, 5) is 0. The zero-order chi connectivity index (χ0) is 15.6. The number of benzene rings is 1. The normalized spacial score (nSPS) is 15.0. The van der Waals surface area contributed by atoms with Crippen LogP contribution in [0.25, 0.3) is 11.0 Å². The van der Waals surface area contributed by atoms with Crippen molar-refractivity contribution in [3.05, 3.63) is 30.0 Å².